The highest BCUT2D eigenvalue weighted by atomic mass is 28.4. The topological polar surface area (TPSA) is 46.2 Å². The van der Waals surface area contributed by atoms with Gasteiger partial charge in [0.1, 0.15) is 0 Å². The van der Waals surface area contributed by atoms with E-state index in [1.807, 2.05) is 30.3 Å². The maximum Gasteiger partial charge on any atom is 0.592 e. The highest BCUT2D eigenvalue weighted by Gasteiger charge is 2.46. The van der Waals surface area contributed by atoms with Gasteiger partial charge in [-0.2, -0.15) is 0 Å². The van der Waals surface area contributed by atoms with E-state index in [1.165, 1.54) is 21.3 Å². The Labute approximate surface area is 89.7 Å². The maximum absolute atomic E-state index is 5.25. The highest BCUT2D eigenvalue weighted by Crippen LogP contribution is 2.09. The van der Waals surface area contributed by atoms with E-state index in [1.54, 1.807) is 0 Å². The molecule has 0 saturated carbocycles. The third kappa shape index (κ3) is 2.85. The molecule has 0 amide bonds. The van der Waals surface area contributed by atoms with Crippen LogP contribution in [-0.2, 0) is 23.4 Å². The van der Waals surface area contributed by atoms with Crippen molar-refractivity contribution in [2.45, 2.75) is 0 Å². The van der Waals surface area contributed by atoms with Crippen LogP contribution in [0.3, 0.4) is 0 Å². The Morgan fingerprint density at radius 2 is 1.40 bits per heavy atom. The van der Waals surface area contributed by atoms with Crippen molar-refractivity contribution in [1.29, 1.82) is 0 Å². The van der Waals surface area contributed by atoms with Gasteiger partial charge in [0.05, 0.1) is 14.2 Å². The first-order valence-corrected chi connectivity index (χ1v) is 6.06. The SMILES string of the molecule is COO[Si](OC)(OOC)c1ccccc1. The molecule has 0 unspecified atom stereocenters. The zero-order valence-corrected chi connectivity index (χ0v) is 9.93. The van der Waals surface area contributed by atoms with Gasteiger partial charge in [-0.15, -0.1) is 0 Å². The van der Waals surface area contributed by atoms with Crippen LogP contribution < -0.4 is 5.19 Å². The molecular formula is C9H14O5Si. The van der Waals surface area contributed by atoms with Crippen LogP contribution in [0, 0.1) is 0 Å². The van der Waals surface area contributed by atoms with E-state index in [-0.39, 0.29) is 0 Å². The Bertz CT molecular complexity index is 273. The summed E-state index contributed by atoms with van der Waals surface area (Å²) in [7, 11) is 1.18. The maximum atomic E-state index is 5.25. The average molecular weight is 230 g/mol. The number of hydrogen-bond acceptors (Lipinski definition) is 5. The molecule has 0 fully saturated rings. The van der Waals surface area contributed by atoms with Gasteiger partial charge < -0.3 is 4.43 Å². The first-order chi connectivity index (χ1) is 7.29. The summed E-state index contributed by atoms with van der Waals surface area (Å²) in [6.45, 7) is 0. The second-order valence-electron chi connectivity index (χ2n) is 2.63. The molecule has 5 nitrogen and oxygen atoms in total. The summed E-state index contributed by atoms with van der Waals surface area (Å²) in [5.74, 6) is 0. The molecule has 0 bridgehead atoms. The molecule has 0 N–H and O–H groups in total. The van der Waals surface area contributed by atoms with E-state index in [0.717, 1.165) is 5.19 Å². The molecule has 0 aliphatic rings. The summed E-state index contributed by atoms with van der Waals surface area (Å²) in [6, 6.07) is 9.25. The predicted molar refractivity (Wildman–Crippen MR) is 55.0 cm³/mol. The summed E-state index contributed by atoms with van der Waals surface area (Å²) in [5, 5.41) is 0.760. The Morgan fingerprint density at radius 1 is 0.867 bits per heavy atom. The van der Waals surface area contributed by atoms with Crippen molar-refractivity contribution >= 4 is 14.0 Å². The van der Waals surface area contributed by atoms with Gasteiger partial charge in [-0.05, 0) is 0 Å². The minimum Gasteiger partial charge on any atom is -0.371 e. The van der Waals surface area contributed by atoms with Crippen LogP contribution in [0.5, 0.6) is 0 Å². The van der Waals surface area contributed by atoms with E-state index in [0.29, 0.717) is 0 Å². The van der Waals surface area contributed by atoms with E-state index >= 15 is 0 Å². The quantitative estimate of drug-likeness (QED) is 0.407. The fourth-order valence-electron chi connectivity index (χ4n) is 1.16. The first kappa shape index (κ1) is 12.3. The van der Waals surface area contributed by atoms with E-state index in [9.17, 15) is 0 Å². The minimum absolute atomic E-state index is 0.760. The fraction of sp³-hybridized carbons (Fsp3) is 0.333. The number of hydrogen-bond donors (Lipinski definition) is 0. The first-order valence-electron chi connectivity index (χ1n) is 4.33. The lowest BCUT2D eigenvalue weighted by atomic mass is 10.4. The monoisotopic (exact) mass is 230 g/mol. The smallest absolute Gasteiger partial charge is 0.371 e. The fourth-order valence-corrected chi connectivity index (χ4v) is 2.79. The van der Waals surface area contributed by atoms with Crippen LogP contribution in [0.2, 0.25) is 0 Å². The van der Waals surface area contributed by atoms with Gasteiger partial charge in [0, 0.05) is 12.3 Å². The van der Waals surface area contributed by atoms with Gasteiger partial charge >= 0.3 is 8.80 Å². The number of benzene rings is 1. The van der Waals surface area contributed by atoms with Crippen LogP contribution in [0.25, 0.3) is 0 Å². The van der Waals surface area contributed by atoms with Gasteiger partial charge in [-0.1, -0.05) is 30.3 Å². The lowest BCUT2D eigenvalue weighted by molar-refractivity contribution is -0.287. The summed E-state index contributed by atoms with van der Waals surface area (Å²) >= 11 is 0. The molecule has 0 aliphatic heterocycles. The molecule has 0 radical (unpaired) electrons. The molecule has 0 spiro atoms. The van der Waals surface area contributed by atoms with Crippen molar-refractivity contribution in [1.82, 2.24) is 0 Å². The molecule has 0 aliphatic carbocycles. The molecule has 6 heteroatoms. The van der Waals surface area contributed by atoms with Gasteiger partial charge in [-0.3, -0.25) is 0 Å². The zero-order valence-electron chi connectivity index (χ0n) is 8.93. The molecular weight excluding hydrogens is 216 g/mol. The molecule has 1 aromatic carbocycles. The third-order valence-electron chi connectivity index (χ3n) is 1.78. The molecule has 0 aromatic heterocycles. The second-order valence-corrected chi connectivity index (χ2v) is 5.06. The van der Waals surface area contributed by atoms with Crippen LogP contribution in [0.1, 0.15) is 0 Å². The van der Waals surface area contributed by atoms with Gasteiger partial charge in [0.2, 0.25) is 0 Å². The van der Waals surface area contributed by atoms with Crippen molar-refractivity contribution in [2.24, 2.45) is 0 Å². The summed E-state index contributed by atoms with van der Waals surface area (Å²) in [4.78, 5) is 9.27. The van der Waals surface area contributed by atoms with Crippen molar-refractivity contribution < 1.29 is 23.4 Å². The molecule has 1 aromatic rings. The van der Waals surface area contributed by atoms with Crippen LogP contribution in [-0.4, -0.2) is 30.1 Å². The third-order valence-corrected chi connectivity index (χ3v) is 4.13. The molecule has 0 atom stereocenters. The summed E-state index contributed by atoms with van der Waals surface area (Å²) in [5.41, 5.74) is 0. The largest absolute Gasteiger partial charge is 0.592 e. The van der Waals surface area contributed by atoms with E-state index in [2.05, 4.69) is 9.78 Å². The lowest BCUT2D eigenvalue weighted by Crippen LogP contribution is -2.55. The summed E-state index contributed by atoms with van der Waals surface area (Å²) < 4.78 is 15.4. The Hall–Kier alpha value is -0.763. The van der Waals surface area contributed by atoms with E-state index < -0.39 is 8.80 Å². The molecule has 0 saturated heterocycles. The summed E-state index contributed by atoms with van der Waals surface area (Å²) in [6.07, 6.45) is 0. The van der Waals surface area contributed by atoms with Crippen molar-refractivity contribution in [2.75, 3.05) is 21.3 Å². The predicted octanol–water partition coefficient (Wildman–Crippen LogP) is 0.635. The van der Waals surface area contributed by atoms with Crippen LogP contribution >= 0.6 is 0 Å². The normalized spacial score (nSPS) is 11.7. The highest BCUT2D eigenvalue weighted by molar-refractivity contribution is 6.74. The van der Waals surface area contributed by atoms with Gasteiger partial charge in [-0.25, -0.2) is 18.9 Å². The molecule has 84 valence electrons. The zero-order chi connectivity index (χ0) is 11.1. The van der Waals surface area contributed by atoms with Crippen molar-refractivity contribution in [3.63, 3.8) is 0 Å². The van der Waals surface area contributed by atoms with Crippen LogP contribution in [0.15, 0.2) is 30.3 Å². The lowest BCUT2D eigenvalue weighted by Gasteiger charge is -2.23. The molecule has 15 heavy (non-hydrogen) atoms. The Kier molecular flexibility index (Phi) is 4.89. The van der Waals surface area contributed by atoms with Crippen LogP contribution in [0.4, 0.5) is 0 Å². The van der Waals surface area contributed by atoms with E-state index in [4.69, 9.17) is 13.6 Å². The second kappa shape index (κ2) is 5.96. The number of rotatable bonds is 6. The standard InChI is InChI=1S/C9H14O5Si/c1-10-13-15(12-3,14-11-2)9-7-5-4-6-8-9/h4-8H,1-3H3. The molecule has 1 rings (SSSR count). The Balaban J connectivity index is 2.97. The minimum atomic E-state index is -3.09. The van der Waals surface area contributed by atoms with Gasteiger partial charge in [0.25, 0.3) is 0 Å². The average Bonchev–Trinajstić information content (AvgIpc) is 2.30. The Morgan fingerprint density at radius 3 is 1.80 bits per heavy atom. The van der Waals surface area contributed by atoms with Crippen molar-refractivity contribution in [3.05, 3.63) is 30.3 Å². The van der Waals surface area contributed by atoms with Gasteiger partial charge in [0.15, 0.2) is 0 Å². The molecule has 0 heterocycles. The van der Waals surface area contributed by atoms with Crippen molar-refractivity contribution in [3.8, 4) is 0 Å².